The predicted octanol–water partition coefficient (Wildman–Crippen LogP) is 0.961. The summed E-state index contributed by atoms with van der Waals surface area (Å²) < 4.78 is 0. The Morgan fingerprint density at radius 2 is 1.69 bits per heavy atom. The number of amides is 2. The molecule has 2 fully saturated rings. The van der Waals surface area contributed by atoms with E-state index in [1.54, 1.807) is 0 Å². The van der Waals surface area contributed by atoms with Crippen molar-refractivity contribution in [2.24, 2.45) is 5.92 Å². The smallest absolute Gasteiger partial charge is 0.239 e. The van der Waals surface area contributed by atoms with Gasteiger partial charge in [-0.05, 0) is 25.7 Å². The van der Waals surface area contributed by atoms with Crippen LogP contribution in [-0.4, -0.2) is 24.4 Å². The van der Waals surface area contributed by atoms with Crippen molar-refractivity contribution < 1.29 is 9.59 Å². The zero-order valence-electron chi connectivity index (χ0n) is 9.63. The molecule has 0 aliphatic heterocycles. The van der Waals surface area contributed by atoms with Crippen molar-refractivity contribution in [1.29, 1.82) is 0 Å². The fraction of sp³-hybridized carbons (Fsp3) is 0.833. The van der Waals surface area contributed by atoms with E-state index in [0.717, 1.165) is 32.1 Å². The lowest BCUT2D eigenvalue weighted by atomic mass is 9.85. The Labute approximate surface area is 96.2 Å². The Hall–Kier alpha value is -1.06. The summed E-state index contributed by atoms with van der Waals surface area (Å²) in [4.78, 5) is 23.0. The highest BCUT2D eigenvalue weighted by atomic mass is 16.2. The van der Waals surface area contributed by atoms with E-state index in [-0.39, 0.29) is 24.3 Å². The van der Waals surface area contributed by atoms with Crippen molar-refractivity contribution in [3.63, 3.8) is 0 Å². The van der Waals surface area contributed by atoms with Gasteiger partial charge in [-0.25, -0.2) is 0 Å². The molecule has 2 aliphatic carbocycles. The minimum Gasteiger partial charge on any atom is -0.352 e. The summed E-state index contributed by atoms with van der Waals surface area (Å²) in [5.41, 5.74) is 0. The van der Waals surface area contributed by atoms with Crippen LogP contribution in [0.15, 0.2) is 0 Å². The first-order valence-corrected chi connectivity index (χ1v) is 6.33. The molecule has 0 bridgehead atoms. The molecule has 0 aromatic heterocycles. The number of nitrogens with one attached hydrogen (secondary N) is 2. The molecular weight excluding hydrogens is 204 g/mol. The lowest BCUT2D eigenvalue weighted by molar-refractivity contribution is -0.130. The molecule has 4 nitrogen and oxygen atoms in total. The molecule has 0 atom stereocenters. The molecule has 2 aliphatic rings. The van der Waals surface area contributed by atoms with Crippen LogP contribution in [0.1, 0.15) is 44.9 Å². The molecule has 0 saturated heterocycles. The third-order valence-corrected chi connectivity index (χ3v) is 3.62. The average Bonchev–Trinajstić information content (AvgIpc) is 2.64. The summed E-state index contributed by atoms with van der Waals surface area (Å²) in [6, 6.07) is 0.341. The van der Waals surface area contributed by atoms with Gasteiger partial charge in [-0.3, -0.25) is 9.59 Å². The zero-order chi connectivity index (χ0) is 11.4. The zero-order valence-corrected chi connectivity index (χ0v) is 9.63. The van der Waals surface area contributed by atoms with Crippen LogP contribution >= 0.6 is 0 Å². The normalized spacial score (nSPS) is 21.5. The molecule has 0 radical (unpaired) electrons. The third kappa shape index (κ3) is 2.97. The highest BCUT2D eigenvalue weighted by Gasteiger charge is 2.25. The molecule has 2 saturated carbocycles. The van der Waals surface area contributed by atoms with Crippen LogP contribution in [-0.2, 0) is 9.59 Å². The Morgan fingerprint density at radius 3 is 2.25 bits per heavy atom. The van der Waals surface area contributed by atoms with Gasteiger partial charge in [-0.15, -0.1) is 0 Å². The van der Waals surface area contributed by atoms with Crippen molar-refractivity contribution in [3.8, 4) is 0 Å². The standard InChI is InChI=1S/C12H20N2O2/c15-11(14-10-6-1-2-7-10)8-13-12(16)9-4-3-5-9/h9-10H,1-8H2,(H,13,16)(H,14,15). The summed E-state index contributed by atoms with van der Waals surface area (Å²) in [6.07, 6.45) is 7.70. The quantitative estimate of drug-likeness (QED) is 0.747. The van der Waals surface area contributed by atoms with Crippen molar-refractivity contribution in [1.82, 2.24) is 10.6 Å². The Balaban J connectivity index is 1.61. The molecule has 16 heavy (non-hydrogen) atoms. The fourth-order valence-electron chi connectivity index (χ4n) is 2.33. The third-order valence-electron chi connectivity index (χ3n) is 3.62. The summed E-state index contributed by atoms with van der Waals surface area (Å²) in [6.45, 7) is 0.145. The van der Waals surface area contributed by atoms with Gasteiger partial charge in [0.25, 0.3) is 0 Å². The monoisotopic (exact) mass is 224 g/mol. The van der Waals surface area contributed by atoms with Crippen LogP contribution in [0.4, 0.5) is 0 Å². The highest BCUT2D eigenvalue weighted by molar-refractivity contribution is 5.86. The van der Waals surface area contributed by atoms with Gasteiger partial charge in [-0.2, -0.15) is 0 Å². The molecule has 0 unspecified atom stereocenters. The number of hydrogen-bond acceptors (Lipinski definition) is 2. The second-order valence-corrected chi connectivity index (χ2v) is 4.89. The van der Waals surface area contributed by atoms with E-state index >= 15 is 0 Å². The maximum Gasteiger partial charge on any atom is 0.239 e. The maximum absolute atomic E-state index is 11.5. The molecule has 0 heterocycles. The molecular formula is C12H20N2O2. The van der Waals surface area contributed by atoms with E-state index < -0.39 is 0 Å². The molecule has 90 valence electrons. The Bertz CT molecular complexity index is 268. The van der Waals surface area contributed by atoms with Gasteiger partial charge in [-0.1, -0.05) is 19.3 Å². The number of hydrogen-bond donors (Lipinski definition) is 2. The van der Waals surface area contributed by atoms with E-state index in [2.05, 4.69) is 10.6 Å². The first kappa shape index (κ1) is 11.4. The van der Waals surface area contributed by atoms with Crippen LogP contribution in [0, 0.1) is 5.92 Å². The van der Waals surface area contributed by atoms with Crippen molar-refractivity contribution in [3.05, 3.63) is 0 Å². The Morgan fingerprint density at radius 1 is 1.00 bits per heavy atom. The van der Waals surface area contributed by atoms with Gasteiger partial charge < -0.3 is 10.6 Å². The maximum atomic E-state index is 11.5. The van der Waals surface area contributed by atoms with Crippen molar-refractivity contribution in [2.75, 3.05) is 6.54 Å². The van der Waals surface area contributed by atoms with Crippen molar-refractivity contribution >= 4 is 11.8 Å². The summed E-state index contributed by atoms with van der Waals surface area (Å²) >= 11 is 0. The molecule has 2 rings (SSSR count). The van der Waals surface area contributed by atoms with Crippen LogP contribution in [0.2, 0.25) is 0 Å². The van der Waals surface area contributed by atoms with E-state index in [1.807, 2.05) is 0 Å². The predicted molar refractivity (Wildman–Crippen MR) is 60.7 cm³/mol. The summed E-state index contributed by atoms with van der Waals surface area (Å²) in [5, 5.41) is 5.66. The first-order chi connectivity index (χ1) is 7.75. The Kier molecular flexibility index (Phi) is 3.80. The topological polar surface area (TPSA) is 58.2 Å². The number of rotatable bonds is 4. The van der Waals surface area contributed by atoms with E-state index in [0.29, 0.717) is 6.04 Å². The van der Waals surface area contributed by atoms with Crippen LogP contribution in [0.3, 0.4) is 0 Å². The molecule has 0 aromatic carbocycles. The van der Waals surface area contributed by atoms with Gasteiger partial charge in [0.15, 0.2) is 0 Å². The van der Waals surface area contributed by atoms with E-state index in [1.165, 1.54) is 12.8 Å². The number of carbonyl (C=O) groups is 2. The van der Waals surface area contributed by atoms with Gasteiger partial charge >= 0.3 is 0 Å². The summed E-state index contributed by atoms with van der Waals surface area (Å²) in [7, 11) is 0. The number of carbonyl (C=O) groups excluding carboxylic acids is 2. The molecule has 2 amide bonds. The lowest BCUT2D eigenvalue weighted by Gasteiger charge is -2.24. The molecule has 0 aromatic rings. The van der Waals surface area contributed by atoms with Gasteiger partial charge in [0.1, 0.15) is 0 Å². The van der Waals surface area contributed by atoms with Gasteiger partial charge in [0.2, 0.25) is 11.8 Å². The average molecular weight is 224 g/mol. The van der Waals surface area contributed by atoms with Crippen LogP contribution < -0.4 is 10.6 Å². The minimum atomic E-state index is -0.0421. The second kappa shape index (κ2) is 5.32. The van der Waals surface area contributed by atoms with E-state index in [9.17, 15) is 9.59 Å². The van der Waals surface area contributed by atoms with Crippen LogP contribution in [0.5, 0.6) is 0 Å². The first-order valence-electron chi connectivity index (χ1n) is 6.33. The minimum absolute atomic E-state index is 0.0421. The SMILES string of the molecule is O=C(CNC(=O)C1CCC1)NC1CCCC1. The largest absolute Gasteiger partial charge is 0.352 e. The second-order valence-electron chi connectivity index (χ2n) is 4.89. The van der Waals surface area contributed by atoms with E-state index in [4.69, 9.17) is 0 Å². The van der Waals surface area contributed by atoms with Gasteiger partial charge in [0, 0.05) is 12.0 Å². The highest BCUT2D eigenvalue weighted by Crippen LogP contribution is 2.26. The molecule has 0 spiro atoms. The van der Waals surface area contributed by atoms with Gasteiger partial charge in [0.05, 0.1) is 6.54 Å². The lowest BCUT2D eigenvalue weighted by Crippen LogP contribution is -2.43. The molecule has 4 heteroatoms. The summed E-state index contributed by atoms with van der Waals surface area (Å²) in [5.74, 6) is 0.173. The van der Waals surface area contributed by atoms with Crippen molar-refractivity contribution in [2.45, 2.75) is 51.0 Å². The fourth-order valence-corrected chi connectivity index (χ4v) is 2.33. The van der Waals surface area contributed by atoms with Crippen LogP contribution in [0.25, 0.3) is 0 Å². The molecule has 2 N–H and O–H groups in total.